The number of aliphatic carboxylic acids is 1. The van der Waals surface area contributed by atoms with E-state index in [1.165, 1.54) is 12.1 Å². The number of rotatable bonds is 2. The zero-order chi connectivity index (χ0) is 13.4. The SMILES string of the molecule is O=C(O)[C@H]1CCCc2c1cnn2-c1cccc(F)c1. The summed E-state index contributed by atoms with van der Waals surface area (Å²) in [6.07, 6.45) is 3.82. The van der Waals surface area contributed by atoms with Gasteiger partial charge in [-0.15, -0.1) is 0 Å². The molecule has 1 N–H and O–H groups in total. The monoisotopic (exact) mass is 260 g/mol. The molecule has 0 spiro atoms. The average Bonchev–Trinajstić information content (AvgIpc) is 2.82. The molecule has 98 valence electrons. The van der Waals surface area contributed by atoms with Crippen LogP contribution in [-0.2, 0) is 11.2 Å². The van der Waals surface area contributed by atoms with E-state index in [1.54, 1.807) is 23.0 Å². The fourth-order valence-electron chi connectivity index (χ4n) is 2.64. The van der Waals surface area contributed by atoms with Crippen LogP contribution in [0.4, 0.5) is 4.39 Å². The minimum atomic E-state index is -0.820. The Bertz CT molecular complexity index is 636. The van der Waals surface area contributed by atoms with Crippen LogP contribution in [0.1, 0.15) is 30.0 Å². The Labute approximate surface area is 109 Å². The van der Waals surface area contributed by atoms with Crippen molar-refractivity contribution in [2.24, 2.45) is 0 Å². The third kappa shape index (κ3) is 2.01. The van der Waals surface area contributed by atoms with Crippen LogP contribution in [0.2, 0.25) is 0 Å². The first-order valence-corrected chi connectivity index (χ1v) is 6.22. The van der Waals surface area contributed by atoms with Crippen LogP contribution in [-0.4, -0.2) is 20.9 Å². The van der Waals surface area contributed by atoms with E-state index >= 15 is 0 Å². The molecule has 0 saturated carbocycles. The van der Waals surface area contributed by atoms with Crippen molar-refractivity contribution in [3.05, 3.63) is 47.5 Å². The fraction of sp³-hybridized carbons (Fsp3) is 0.286. The van der Waals surface area contributed by atoms with Crippen molar-refractivity contribution in [2.75, 3.05) is 0 Å². The van der Waals surface area contributed by atoms with Crippen molar-refractivity contribution in [1.82, 2.24) is 9.78 Å². The van der Waals surface area contributed by atoms with Crippen LogP contribution < -0.4 is 0 Å². The van der Waals surface area contributed by atoms with Gasteiger partial charge in [0, 0.05) is 11.3 Å². The second kappa shape index (κ2) is 4.50. The summed E-state index contributed by atoms with van der Waals surface area (Å²) in [5.41, 5.74) is 2.26. The van der Waals surface area contributed by atoms with E-state index in [1.807, 2.05) is 0 Å². The standard InChI is InChI=1S/C14H13FN2O2/c15-9-3-1-4-10(7-9)17-13-6-2-5-11(14(18)19)12(13)8-16-17/h1,3-4,7-8,11H,2,5-6H2,(H,18,19)/t11-/m0/s1. The number of benzene rings is 1. The predicted molar refractivity (Wildman–Crippen MR) is 66.8 cm³/mol. The molecule has 0 amide bonds. The van der Waals surface area contributed by atoms with E-state index in [2.05, 4.69) is 5.10 Å². The largest absolute Gasteiger partial charge is 0.481 e. The number of carboxylic acid groups (broad SMARTS) is 1. The van der Waals surface area contributed by atoms with Gasteiger partial charge in [-0.3, -0.25) is 4.79 Å². The van der Waals surface area contributed by atoms with E-state index in [-0.39, 0.29) is 5.82 Å². The molecule has 0 saturated heterocycles. The van der Waals surface area contributed by atoms with Crippen molar-refractivity contribution in [2.45, 2.75) is 25.2 Å². The second-order valence-corrected chi connectivity index (χ2v) is 4.72. The summed E-state index contributed by atoms with van der Waals surface area (Å²) in [7, 11) is 0. The molecule has 1 aliphatic rings. The van der Waals surface area contributed by atoms with Crippen LogP contribution in [0, 0.1) is 5.82 Å². The Balaban J connectivity index is 2.08. The van der Waals surface area contributed by atoms with Gasteiger partial charge in [0.2, 0.25) is 0 Å². The average molecular weight is 260 g/mol. The molecular formula is C14H13FN2O2. The van der Waals surface area contributed by atoms with Crippen LogP contribution >= 0.6 is 0 Å². The number of hydrogen-bond donors (Lipinski definition) is 1. The molecule has 4 nitrogen and oxygen atoms in total. The van der Waals surface area contributed by atoms with E-state index in [4.69, 9.17) is 0 Å². The molecule has 0 unspecified atom stereocenters. The van der Waals surface area contributed by atoms with Gasteiger partial charge in [0.15, 0.2) is 0 Å². The number of nitrogens with zero attached hydrogens (tertiary/aromatic N) is 2. The molecule has 1 aliphatic carbocycles. The van der Waals surface area contributed by atoms with Crippen LogP contribution in [0.25, 0.3) is 5.69 Å². The molecule has 0 fully saturated rings. The Kier molecular flexibility index (Phi) is 2.81. The lowest BCUT2D eigenvalue weighted by Gasteiger charge is -2.19. The first-order chi connectivity index (χ1) is 9.16. The van der Waals surface area contributed by atoms with E-state index < -0.39 is 11.9 Å². The van der Waals surface area contributed by atoms with E-state index in [9.17, 15) is 14.3 Å². The molecule has 1 aromatic carbocycles. The predicted octanol–water partition coefficient (Wildman–Crippen LogP) is 2.52. The molecule has 2 aromatic rings. The van der Waals surface area contributed by atoms with Gasteiger partial charge < -0.3 is 5.11 Å². The van der Waals surface area contributed by atoms with Crippen molar-refractivity contribution < 1.29 is 14.3 Å². The third-order valence-electron chi connectivity index (χ3n) is 3.53. The fourth-order valence-corrected chi connectivity index (χ4v) is 2.64. The first-order valence-electron chi connectivity index (χ1n) is 6.22. The first kappa shape index (κ1) is 11.9. The summed E-state index contributed by atoms with van der Waals surface area (Å²) >= 11 is 0. The van der Waals surface area contributed by atoms with Gasteiger partial charge in [-0.1, -0.05) is 6.07 Å². The van der Waals surface area contributed by atoms with Crippen LogP contribution in [0.3, 0.4) is 0 Å². The van der Waals surface area contributed by atoms with Crippen molar-refractivity contribution >= 4 is 5.97 Å². The Hall–Kier alpha value is -2.17. The molecule has 19 heavy (non-hydrogen) atoms. The minimum Gasteiger partial charge on any atom is -0.481 e. The molecule has 1 aromatic heterocycles. The number of fused-ring (bicyclic) bond motifs is 1. The summed E-state index contributed by atoms with van der Waals surface area (Å²) in [6.45, 7) is 0. The number of hydrogen-bond acceptors (Lipinski definition) is 2. The Morgan fingerprint density at radius 1 is 1.47 bits per heavy atom. The highest BCUT2D eigenvalue weighted by atomic mass is 19.1. The summed E-state index contributed by atoms with van der Waals surface area (Å²) in [5, 5.41) is 13.4. The maximum absolute atomic E-state index is 13.3. The molecule has 0 aliphatic heterocycles. The van der Waals surface area contributed by atoms with Crippen LogP contribution in [0.5, 0.6) is 0 Å². The maximum Gasteiger partial charge on any atom is 0.311 e. The molecule has 1 heterocycles. The molecular weight excluding hydrogens is 247 g/mol. The number of halogens is 1. The molecule has 1 atom stereocenters. The minimum absolute atomic E-state index is 0.327. The van der Waals surface area contributed by atoms with E-state index in [0.29, 0.717) is 12.1 Å². The molecule has 0 radical (unpaired) electrons. The lowest BCUT2D eigenvalue weighted by Crippen LogP contribution is -2.18. The van der Waals surface area contributed by atoms with Crippen molar-refractivity contribution in [3.63, 3.8) is 0 Å². The third-order valence-corrected chi connectivity index (χ3v) is 3.53. The molecule has 5 heteroatoms. The lowest BCUT2D eigenvalue weighted by atomic mass is 9.87. The van der Waals surface area contributed by atoms with E-state index in [0.717, 1.165) is 24.1 Å². The van der Waals surface area contributed by atoms with Gasteiger partial charge in [0.25, 0.3) is 0 Å². The smallest absolute Gasteiger partial charge is 0.311 e. The molecule has 0 bridgehead atoms. The summed E-state index contributed by atoms with van der Waals surface area (Å²) in [5.74, 6) is -1.64. The van der Waals surface area contributed by atoms with Gasteiger partial charge in [-0.2, -0.15) is 5.10 Å². The number of aromatic nitrogens is 2. The topological polar surface area (TPSA) is 55.1 Å². The summed E-state index contributed by atoms with van der Waals surface area (Å²) in [4.78, 5) is 11.2. The van der Waals surface area contributed by atoms with Gasteiger partial charge in [0.05, 0.1) is 17.8 Å². The highest BCUT2D eigenvalue weighted by Gasteiger charge is 2.29. The zero-order valence-electron chi connectivity index (χ0n) is 10.2. The number of carboxylic acids is 1. The lowest BCUT2D eigenvalue weighted by molar-refractivity contribution is -0.139. The number of carbonyl (C=O) groups is 1. The Morgan fingerprint density at radius 2 is 2.32 bits per heavy atom. The van der Waals surface area contributed by atoms with Gasteiger partial charge in [-0.05, 0) is 37.5 Å². The highest BCUT2D eigenvalue weighted by molar-refractivity contribution is 5.76. The second-order valence-electron chi connectivity index (χ2n) is 4.72. The Morgan fingerprint density at radius 3 is 3.05 bits per heavy atom. The van der Waals surface area contributed by atoms with Gasteiger partial charge in [-0.25, -0.2) is 9.07 Å². The summed E-state index contributed by atoms with van der Waals surface area (Å²) in [6, 6.07) is 6.16. The van der Waals surface area contributed by atoms with Gasteiger partial charge in [0.1, 0.15) is 5.82 Å². The highest BCUT2D eigenvalue weighted by Crippen LogP contribution is 2.32. The van der Waals surface area contributed by atoms with Crippen molar-refractivity contribution in [3.8, 4) is 5.69 Å². The van der Waals surface area contributed by atoms with Crippen LogP contribution in [0.15, 0.2) is 30.5 Å². The maximum atomic E-state index is 13.3. The normalized spacial score (nSPS) is 18.1. The molecule has 3 rings (SSSR count). The summed E-state index contributed by atoms with van der Waals surface area (Å²) < 4.78 is 14.9. The van der Waals surface area contributed by atoms with Crippen molar-refractivity contribution in [1.29, 1.82) is 0 Å². The zero-order valence-corrected chi connectivity index (χ0v) is 10.2. The van der Waals surface area contributed by atoms with Gasteiger partial charge >= 0.3 is 5.97 Å². The quantitative estimate of drug-likeness (QED) is 0.902.